The van der Waals surface area contributed by atoms with Gasteiger partial charge in [0, 0.05) is 44.4 Å². The van der Waals surface area contributed by atoms with Crippen molar-refractivity contribution in [2.75, 3.05) is 19.6 Å². The largest absolute Gasteiger partial charge is 0.341 e. The van der Waals surface area contributed by atoms with Gasteiger partial charge in [0.2, 0.25) is 0 Å². The number of hydrogen-bond acceptors (Lipinski definition) is 3. The van der Waals surface area contributed by atoms with Gasteiger partial charge in [-0.2, -0.15) is 5.10 Å². The Bertz CT molecular complexity index is 587. The molecule has 5 nitrogen and oxygen atoms in total. The lowest BCUT2D eigenvalue weighted by molar-refractivity contribution is 0.116. The summed E-state index contributed by atoms with van der Waals surface area (Å²) >= 11 is 0. The number of carbonyl (C=O) groups excluding carboxylic acids is 1. The molecule has 1 aromatic rings. The number of urea groups is 1. The van der Waals surface area contributed by atoms with Crippen LogP contribution in [0.25, 0.3) is 0 Å². The maximum Gasteiger partial charge on any atom is 0.341 e. The van der Waals surface area contributed by atoms with Gasteiger partial charge >= 0.3 is 6.03 Å². The predicted molar refractivity (Wildman–Crippen MR) is 78.5 cm³/mol. The summed E-state index contributed by atoms with van der Waals surface area (Å²) in [6.45, 7) is 4.01. The van der Waals surface area contributed by atoms with Crippen LogP contribution in [0.5, 0.6) is 0 Å². The number of hydrogen-bond donors (Lipinski definition) is 1. The molecule has 0 spiro atoms. The third kappa shape index (κ3) is 2.81. The normalized spacial score (nSPS) is 24.9. The Labute approximate surface area is 127 Å². The minimum Gasteiger partial charge on any atom is -0.318 e. The first-order valence-electron chi connectivity index (χ1n) is 7.35. The number of nitrogens with zero attached hydrogens (tertiary/aromatic N) is 3. The molecule has 1 aromatic carbocycles. The highest BCUT2D eigenvalue weighted by Gasteiger charge is 2.34. The number of rotatable bonds is 1. The Morgan fingerprint density at radius 3 is 2.73 bits per heavy atom. The second-order valence-corrected chi connectivity index (χ2v) is 5.63. The molecule has 1 saturated heterocycles. The third-order valence-electron chi connectivity index (χ3n) is 4.04. The zero-order valence-corrected chi connectivity index (χ0v) is 12.3. The standard InChI is InChI=1S/C15H18F2N4O/c1-10-9-18-4-5-20(10)15(22)21-14(2-3-19-21)11-6-12(16)8-13(17)7-11/h3,6-8,10,14,18H,2,4-5,9H2,1H3. The van der Waals surface area contributed by atoms with Crippen LogP contribution in [0.1, 0.15) is 24.9 Å². The van der Waals surface area contributed by atoms with Crippen LogP contribution >= 0.6 is 0 Å². The van der Waals surface area contributed by atoms with E-state index in [0.29, 0.717) is 18.5 Å². The smallest absolute Gasteiger partial charge is 0.318 e. The summed E-state index contributed by atoms with van der Waals surface area (Å²) in [6.07, 6.45) is 2.06. The summed E-state index contributed by atoms with van der Waals surface area (Å²) in [6, 6.07) is 2.71. The van der Waals surface area contributed by atoms with Crippen LogP contribution < -0.4 is 5.32 Å². The Morgan fingerprint density at radius 1 is 1.32 bits per heavy atom. The van der Waals surface area contributed by atoms with Gasteiger partial charge in [-0.3, -0.25) is 0 Å². The highest BCUT2D eigenvalue weighted by molar-refractivity contribution is 5.79. The predicted octanol–water partition coefficient (Wildman–Crippen LogP) is 2.11. The van der Waals surface area contributed by atoms with Crippen LogP contribution in [0.3, 0.4) is 0 Å². The van der Waals surface area contributed by atoms with Gasteiger partial charge in [-0.25, -0.2) is 18.6 Å². The molecule has 2 aliphatic heterocycles. The highest BCUT2D eigenvalue weighted by atomic mass is 19.1. The van der Waals surface area contributed by atoms with E-state index in [2.05, 4.69) is 10.4 Å². The van der Waals surface area contributed by atoms with Crippen molar-refractivity contribution < 1.29 is 13.6 Å². The maximum absolute atomic E-state index is 13.4. The topological polar surface area (TPSA) is 47.9 Å². The Kier molecular flexibility index (Phi) is 4.06. The molecule has 0 saturated carbocycles. The minimum absolute atomic E-state index is 0.0574. The first kappa shape index (κ1) is 14.9. The van der Waals surface area contributed by atoms with Crippen molar-refractivity contribution in [3.8, 4) is 0 Å². The summed E-state index contributed by atoms with van der Waals surface area (Å²) in [5.41, 5.74) is 0.422. The SMILES string of the molecule is CC1CNCCN1C(=O)N1N=CCC1c1cc(F)cc(F)c1. The van der Waals surface area contributed by atoms with Gasteiger partial charge in [0.1, 0.15) is 11.6 Å². The number of nitrogens with one attached hydrogen (secondary N) is 1. The molecule has 0 aromatic heterocycles. The second-order valence-electron chi connectivity index (χ2n) is 5.63. The van der Waals surface area contributed by atoms with E-state index in [1.807, 2.05) is 6.92 Å². The summed E-state index contributed by atoms with van der Waals surface area (Å²) in [7, 11) is 0. The second kappa shape index (κ2) is 6.00. The molecule has 2 heterocycles. The van der Waals surface area contributed by atoms with Crippen molar-refractivity contribution in [3.05, 3.63) is 35.4 Å². The molecule has 0 radical (unpaired) electrons. The minimum atomic E-state index is -0.648. The van der Waals surface area contributed by atoms with Crippen molar-refractivity contribution in [2.45, 2.75) is 25.4 Å². The molecule has 118 valence electrons. The summed E-state index contributed by atoms with van der Waals surface area (Å²) < 4.78 is 26.8. The molecule has 2 unspecified atom stereocenters. The number of piperazine rings is 1. The van der Waals surface area contributed by atoms with Gasteiger partial charge in [-0.15, -0.1) is 0 Å². The summed E-state index contributed by atoms with van der Waals surface area (Å²) in [5.74, 6) is -1.30. The molecule has 2 aliphatic rings. The first-order chi connectivity index (χ1) is 10.6. The number of amides is 2. The van der Waals surface area contributed by atoms with Crippen molar-refractivity contribution >= 4 is 12.2 Å². The molecule has 2 amide bonds. The monoisotopic (exact) mass is 308 g/mol. The van der Waals surface area contributed by atoms with Crippen LogP contribution in [0.4, 0.5) is 13.6 Å². The van der Waals surface area contributed by atoms with Crippen LogP contribution in [0.2, 0.25) is 0 Å². The van der Waals surface area contributed by atoms with E-state index in [1.54, 1.807) is 11.1 Å². The Hall–Kier alpha value is -2.02. The lowest BCUT2D eigenvalue weighted by atomic mass is 10.0. The van der Waals surface area contributed by atoms with Crippen molar-refractivity contribution in [1.29, 1.82) is 0 Å². The zero-order chi connectivity index (χ0) is 15.7. The van der Waals surface area contributed by atoms with Crippen molar-refractivity contribution in [1.82, 2.24) is 15.2 Å². The van der Waals surface area contributed by atoms with E-state index in [4.69, 9.17) is 0 Å². The molecule has 1 fully saturated rings. The molecular weight excluding hydrogens is 290 g/mol. The van der Waals surface area contributed by atoms with Gasteiger partial charge in [0.05, 0.1) is 6.04 Å². The van der Waals surface area contributed by atoms with Crippen molar-refractivity contribution in [3.63, 3.8) is 0 Å². The molecule has 3 rings (SSSR count). The van der Waals surface area contributed by atoms with Gasteiger partial charge in [-0.1, -0.05) is 0 Å². The van der Waals surface area contributed by atoms with Crippen LogP contribution in [0.15, 0.2) is 23.3 Å². The van der Waals surface area contributed by atoms with E-state index >= 15 is 0 Å². The lowest BCUT2D eigenvalue weighted by Crippen LogP contribution is -2.55. The van der Waals surface area contributed by atoms with Gasteiger partial charge < -0.3 is 10.2 Å². The van der Waals surface area contributed by atoms with Gasteiger partial charge in [0.15, 0.2) is 0 Å². The third-order valence-corrected chi connectivity index (χ3v) is 4.04. The molecule has 0 aliphatic carbocycles. The fourth-order valence-corrected chi connectivity index (χ4v) is 2.90. The van der Waals surface area contributed by atoms with E-state index in [1.165, 1.54) is 17.1 Å². The van der Waals surface area contributed by atoms with E-state index in [-0.39, 0.29) is 12.1 Å². The molecular formula is C15H18F2N4O. The average molecular weight is 308 g/mol. The van der Waals surface area contributed by atoms with E-state index in [9.17, 15) is 13.6 Å². The molecule has 22 heavy (non-hydrogen) atoms. The zero-order valence-electron chi connectivity index (χ0n) is 12.3. The average Bonchev–Trinajstić information content (AvgIpc) is 2.95. The fourth-order valence-electron chi connectivity index (χ4n) is 2.90. The molecule has 7 heteroatoms. The molecule has 0 bridgehead atoms. The highest BCUT2D eigenvalue weighted by Crippen LogP contribution is 2.30. The van der Waals surface area contributed by atoms with Gasteiger partial charge in [-0.05, 0) is 24.6 Å². The first-order valence-corrected chi connectivity index (χ1v) is 7.35. The van der Waals surface area contributed by atoms with Crippen LogP contribution in [0, 0.1) is 11.6 Å². The lowest BCUT2D eigenvalue weighted by Gasteiger charge is -2.37. The quantitative estimate of drug-likeness (QED) is 0.864. The Morgan fingerprint density at radius 2 is 2.05 bits per heavy atom. The van der Waals surface area contributed by atoms with Crippen LogP contribution in [-0.2, 0) is 0 Å². The van der Waals surface area contributed by atoms with E-state index < -0.39 is 17.7 Å². The van der Waals surface area contributed by atoms with Crippen molar-refractivity contribution in [2.24, 2.45) is 5.10 Å². The number of halogens is 2. The number of hydrazone groups is 1. The fraction of sp³-hybridized carbons (Fsp3) is 0.467. The summed E-state index contributed by atoms with van der Waals surface area (Å²) in [4.78, 5) is 14.4. The van der Waals surface area contributed by atoms with Crippen LogP contribution in [-0.4, -0.2) is 47.8 Å². The number of benzene rings is 1. The molecule has 2 atom stereocenters. The van der Waals surface area contributed by atoms with Gasteiger partial charge in [0.25, 0.3) is 0 Å². The Balaban J connectivity index is 1.83. The summed E-state index contributed by atoms with van der Waals surface area (Å²) in [5, 5.41) is 8.66. The molecule has 1 N–H and O–H groups in total. The van der Waals surface area contributed by atoms with E-state index in [0.717, 1.165) is 19.2 Å². The number of carbonyl (C=O) groups is 1. The maximum atomic E-state index is 13.4.